The molecule has 0 spiro atoms. The highest BCUT2D eigenvalue weighted by Gasteiger charge is 2.31. The number of ether oxygens (including phenoxy) is 1. The summed E-state index contributed by atoms with van der Waals surface area (Å²) in [7, 11) is 0. The second-order valence-electron chi connectivity index (χ2n) is 8.19. The van der Waals surface area contributed by atoms with E-state index in [1.807, 2.05) is 0 Å². The summed E-state index contributed by atoms with van der Waals surface area (Å²) in [5, 5.41) is 13.6. The van der Waals surface area contributed by atoms with Crippen molar-refractivity contribution in [1.82, 2.24) is 25.2 Å². The summed E-state index contributed by atoms with van der Waals surface area (Å²) in [6.45, 7) is 4.41. The van der Waals surface area contributed by atoms with Crippen LogP contribution in [0.25, 0.3) is 11.4 Å². The van der Waals surface area contributed by atoms with Crippen LogP contribution in [-0.4, -0.2) is 87.8 Å². The van der Waals surface area contributed by atoms with Gasteiger partial charge in [-0.3, -0.25) is 14.4 Å². The molecule has 2 amide bonds. The first kappa shape index (κ1) is 27.8. The van der Waals surface area contributed by atoms with Crippen molar-refractivity contribution in [2.24, 2.45) is 0 Å². The maximum atomic E-state index is 13.2. The van der Waals surface area contributed by atoms with Gasteiger partial charge in [-0.2, -0.15) is 0 Å². The molecular formula is C24H28ClN5O7. The van der Waals surface area contributed by atoms with E-state index in [1.54, 1.807) is 38.1 Å². The van der Waals surface area contributed by atoms with Crippen LogP contribution in [0.5, 0.6) is 0 Å². The zero-order valence-corrected chi connectivity index (χ0v) is 21.2. The second kappa shape index (κ2) is 13.0. The summed E-state index contributed by atoms with van der Waals surface area (Å²) in [6, 6.07) is 7.31. The van der Waals surface area contributed by atoms with Gasteiger partial charge in [0, 0.05) is 30.8 Å². The number of halogens is 1. The number of hydroxylamine groups is 2. The Balaban J connectivity index is 1.72. The summed E-state index contributed by atoms with van der Waals surface area (Å²) >= 11 is 6.26. The summed E-state index contributed by atoms with van der Waals surface area (Å²) < 4.78 is 4.74. The molecule has 1 atom stereocenters. The zero-order valence-electron chi connectivity index (χ0n) is 20.5. The lowest BCUT2D eigenvalue weighted by Crippen LogP contribution is -2.55. The van der Waals surface area contributed by atoms with Crippen LogP contribution >= 0.6 is 11.6 Å². The van der Waals surface area contributed by atoms with Gasteiger partial charge in [0.1, 0.15) is 11.7 Å². The van der Waals surface area contributed by atoms with E-state index in [0.29, 0.717) is 16.3 Å². The molecule has 1 fully saturated rings. The van der Waals surface area contributed by atoms with E-state index in [0.717, 1.165) is 0 Å². The van der Waals surface area contributed by atoms with Crippen LogP contribution in [0.4, 0.5) is 4.79 Å². The van der Waals surface area contributed by atoms with Gasteiger partial charge in [-0.1, -0.05) is 23.7 Å². The van der Waals surface area contributed by atoms with E-state index in [1.165, 1.54) is 16.0 Å². The summed E-state index contributed by atoms with van der Waals surface area (Å²) in [5.41, 5.74) is 1.08. The highest BCUT2D eigenvalue weighted by Crippen LogP contribution is 2.25. The van der Waals surface area contributed by atoms with Gasteiger partial charge >= 0.3 is 12.1 Å². The molecule has 1 saturated heterocycles. The average Bonchev–Trinajstić information content (AvgIpc) is 2.86. The molecule has 2 N–H and O–H groups in total. The van der Waals surface area contributed by atoms with Crippen LogP contribution in [0.2, 0.25) is 5.02 Å². The number of amides is 2. The fraction of sp³-hybridized carbons (Fsp3) is 0.417. The van der Waals surface area contributed by atoms with Gasteiger partial charge < -0.3 is 24.9 Å². The Morgan fingerprint density at radius 3 is 2.49 bits per heavy atom. The maximum Gasteiger partial charge on any atom is 0.527 e. The Morgan fingerprint density at radius 2 is 1.84 bits per heavy atom. The predicted octanol–water partition coefficient (Wildman–Crippen LogP) is 2.30. The molecule has 0 saturated carbocycles. The molecule has 2 aromatic rings. The van der Waals surface area contributed by atoms with Crippen LogP contribution in [0.1, 0.15) is 35.9 Å². The number of aromatic nitrogens is 2. The first-order chi connectivity index (χ1) is 17.7. The maximum absolute atomic E-state index is 13.2. The molecule has 1 aliphatic rings. The largest absolute Gasteiger partial charge is 0.527 e. The average molecular weight is 534 g/mol. The van der Waals surface area contributed by atoms with E-state index in [-0.39, 0.29) is 57.1 Å². The molecule has 3 rings (SSSR count). The number of hydrogen-bond donors (Lipinski definition) is 2. The number of aryl methyl sites for hydroxylation is 1. The third kappa shape index (κ3) is 7.86. The van der Waals surface area contributed by atoms with Gasteiger partial charge in [0.2, 0.25) is 5.91 Å². The Hall–Kier alpha value is -3.77. The number of carbonyl (C=O) groups is 4. The molecular weight excluding hydrogens is 506 g/mol. The number of rotatable bonds is 9. The summed E-state index contributed by atoms with van der Waals surface area (Å²) in [5.74, 6) is -1.94. The van der Waals surface area contributed by atoms with Crippen LogP contribution in [0, 0.1) is 6.92 Å². The molecule has 13 heteroatoms. The van der Waals surface area contributed by atoms with Crippen LogP contribution in [0.3, 0.4) is 0 Å². The van der Waals surface area contributed by atoms with E-state index >= 15 is 0 Å². The minimum absolute atomic E-state index is 0.0169. The van der Waals surface area contributed by atoms with Crippen molar-refractivity contribution in [2.45, 2.75) is 32.7 Å². The fourth-order valence-corrected chi connectivity index (χ4v) is 3.90. The van der Waals surface area contributed by atoms with Crippen molar-refractivity contribution >= 4 is 35.5 Å². The Bertz CT molecular complexity index is 1150. The smallest absolute Gasteiger partial charge is 0.481 e. The number of nitrogens with zero attached hydrogens (tertiary/aromatic N) is 4. The first-order valence-electron chi connectivity index (χ1n) is 11.7. The van der Waals surface area contributed by atoms with E-state index in [9.17, 15) is 19.2 Å². The summed E-state index contributed by atoms with van der Waals surface area (Å²) in [6.07, 6.45) is -1.26. The number of carbonyl (C=O) groups excluding carboxylic acids is 3. The van der Waals surface area contributed by atoms with E-state index in [4.69, 9.17) is 26.3 Å². The van der Waals surface area contributed by atoms with Crippen LogP contribution < -0.4 is 5.32 Å². The number of carboxylic acids is 1. The van der Waals surface area contributed by atoms with Crippen molar-refractivity contribution in [3.8, 4) is 11.4 Å². The minimum Gasteiger partial charge on any atom is -0.481 e. The van der Waals surface area contributed by atoms with Crippen molar-refractivity contribution in [1.29, 1.82) is 0 Å². The second-order valence-corrected chi connectivity index (χ2v) is 8.59. The Labute approximate surface area is 218 Å². The molecule has 0 unspecified atom stereocenters. The third-order valence-corrected chi connectivity index (χ3v) is 5.80. The van der Waals surface area contributed by atoms with Crippen molar-refractivity contribution in [3.05, 3.63) is 46.7 Å². The zero-order chi connectivity index (χ0) is 26.9. The lowest BCUT2D eigenvalue weighted by molar-refractivity contribution is -0.157. The number of carboxylic acid groups (broad SMARTS) is 1. The topological polar surface area (TPSA) is 151 Å². The highest BCUT2D eigenvalue weighted by molar-refractivity contribution is 6.33. The third-order valence-electron chi connectivity index (χ3n) is 5.47. The lowest BCUT2D eigenvalue weighted by atomic mass is 10.1. The minimum atomic E-state index is -1.10. The molecule has 0 radical (unpaired) electrons. The van der Waals surface area contributed by atoms with E-state index in [2.05, 4.69) is 15.3 Å². The van der Waals surface area contributed by atoms with Gasteiger partial charge in [-0.05, 0) is 38.5 Å². The van der Waals surface area contributed by atoms with Crippen LogP contribution in [0.15, 0.2) is 30.3 Å². The van der Waals surface area contributed by atoms with Gasteiger partial charge in [-0.25, -0.2) is 14.8 Å². The number of nitrogens with one attached hydrogen (secondary N) is 1. The van der Waals surface area contributed by atoms with Crippen molar-refractivity contribution in [3.63, 3.8) is 0 Å². The molecule has 2 heterocycles. The molecule has 198 valence electrons. The van der Waals surface area contributed by atoms with Crippen LogP contribution in [-0.2, 0) is 19.2 Å². The molecule has 0 bridgehead atoms. The van der Waals surface area contributed by atoms with E-state index < -0.39 is 30.0 Å². The Kier molecular flexibility index (Phi) is 9.75. The predicted molar refractivity (Wildman–Crippen MR) is 132 cm³/mol. The molecule has 37 heavy (non-hydrogen) atoms. The quantitative estimate of drug-likeness (QED) is 0.459. The number of benzene rings is 1. The number of aliphatic carboxylic acids is 1. The fourth-order valence-electron chi connectivity index (χ4n) is 3.68. The van der Waals surface area contributed by atoms with Crippen molar-refractivity contribution < 1.29 is 33.9 Å². The van der Waals surface area contributed by atoms with Gasteiger partial charge in [0.05, 0.1) is 24.7 Å². The standard InChI is InChI=1S/C24H28ClN5O7/c1-3-36-24(35)37-30-12-10-29(11-13-30)23(34)18(8-9-20(31)32)28-22(33)19-14-15(2)26-21(27-19)16-6-4-5-7-17(16)25/h4-7,14,18H,3,8-13H2,1-2H3,(H,28,33)(H,31,32)/t18-/m0/s1. The van der Waals surface area contributed by atoms with Gasteiger partial charge in [0.25, 0.3) is 5.91 Å². The van der Waals surface area contributed by atoms with Gasteiger partial charge in [0.15, 0.2) is 5.82 Å². The number of piperazine rings is 1. The normalized spacial score (nSPS) is 14.5. The highest BCUT2D eigenvalue weighted by atomic mass is 35.5. The molecule has 1 aromatic carbocycles. The first-order valence-corrected chi connectivity index (χ1v) is 12.1. The number of hydrogen-bond acceptors (Lipinski definition) is 9. The molecule has 1 aromatic heterocycles. The van der Waals surface area contributed by atoms with Crippen molar-refractivity contribution in [2.75, 3.05) is 32.8 Å². The van der Waals surface area contributed by atoms with Gasteiger partial charge in [-0.15, -0.1) is 5.06 Å². The summed E-state index contributed by atoms with van der Waals surface area (Å²) in [4.78, 5) is 64.3. The lowest BCUT2D eigenvalue weighted by Gasteiger charge is -2.35. The SMILES string of the molecule is CCOC(=O)ON1CCN(C(=O)[C@H](CCC(=O)O)NC(=O)c2cc(C)nc(-c3ccccc3Cl)n2)CC1. The monoisotopic (exact) mass is 533 g/mol. The molecule has 1 aliphatic heterocycles. The molecule has 12 nitrogen and oxygen atoms in total. The molecule has 0 aliphatic carbocycles. The Morgan fingerprint density at radius 1 is 1.14 bits per heavy atom.